The van der Waals surface area contributed by atoms with Gasteiger partial charge in [0.2, 0.25) is 0 Å². The van der Waals surface area contributed by atoms with Gasteiger partial charge in [0.1, 0.15) is 11.4 Å². The molecule has 0 aromatic heterocycles. The number of phenolic OH excluding ortho intramolecular Hbond substituents is 1. The summed E-state index contributed by atoms with van der Waals surface area (Å²) in [4.78, 5) is 2.31. The lowest BCUT2D eigenvalue weighted by molar-refractivity contribution is -0.00672. The maximum atomic E-state index is 12.1. The lowest BCUT2D eigenvalue weighted by atomic mass is 9.79. The van der Waals surface area contributed by atoms with Crippen LogP contribution in [-0.4, -0.2) is 27.7 Å². The second-order valence-electron chi connectivity index (χ2n) is 7.71. The highest BCUT2D eigenvalue weighted by molar-refractivity contribution is 5.41. The Morgan fingerprint density at radius 2 is 1.50 bits per heavy atom. The Hall–Kier alpha value is -2.62. The van der Waals surface area contributed by atoms with E-state index in [1.54, 1.807) is 0 Å². The van der Waals surface area contributed by atoms with Crippen LogP contribution in [0.3, 0.4) is 0 Å². The number of rotatable bonds is 5. The Balaban J connectivity index is 1.74. The van der Waals surface area contributed by atoms with E-state index in [9.17, 15) is 10.2 Å². The van der Waals surface area contributed by atoms with Crippen LogP contribution in [0.4, 0.5) is 0 Å². The highest BCUT2D eigenvalue weighted by atomic mass is 16.3. The quantitative estimate of drug-likeness (QED) is 0.687. The smallest absolute Gasteiger partial charge is 0.130 e. The molecule has 0 unspecified atom stereocenters. The van der Waals surface area contributed by atoms with Crippen molar-refractivity contribution in [1.82, 2.24) is 4.90 Å². The van der Waals surface area contributed by atoms with Crippen LogP contribution in [0.15, 0.2) is 78.9 Å². The molecule has 3 heteroatoms. The van der Waals surface area contributed by atoms with Gasteiger partial charge in [-0.3, -0.25) is 4.90 Å². The molecule has 0 bridgehead atoms. The number of nitrogens with zero attached hydrogens (tertiary/aromatic N) is 1. The normalized spacial score (nSPS) is 17.7. The Bertz CT molecular complexity index is 884. The first-order valence-corrected chi connectivity index (χ1v) is 9.95. The maximum Gasteiger partial charge on any atom is 0.130 e. The van der Waals surface area contributed by atoms with Crippen molar-refractivity contribution in [1.29, 1.82) is 0 Å². The van der Waals surface area contributed by atoms with Gasteiger partial charge in [0.05, 0.1) is 0 Å². The van der Waals surface area contributed by atoms with E-state index < -0.39 is 5.60 Å². The van der Waals surface area contributed by atoms with Crippen LogP contribution in [0, 0.1) is 6.92 Å². The lowest BCUT2D eigenvalue weighted by Crippen LogP contribution is -2.48. The van der Waals surface area contributed by atoms with Crippen LogP contribution in [-0.2, 0) is 12.1 Å². The van der Waals surface area contributed by atoms with Crippen molar-refractivity contribution < 1.29 is 10.2 Å². The van der Waals surface area contributed by atoms with E-state index in [-0.39, 0.29) is 6.04 Å². The second-order valence-corrected chi connectivity index (χ2v) is 7.71. The van der Waals surface area contributed by atoms with Crippen LogP contribution in [0.1, 0.15) is 35.1 Å². The van der Waals surface area contributed by atoms with Gasteiger partial charge in [-0.25, -0.2) is 0 Å². The molecule has 1 fully saturated rings. The van der Waals surface area contributed by atoms with Crippen molar-refractivity contribution in [3.05, 3.63) is 101 Å². The fraction of sp³-hybridized carbons (Fsp3) is 0.280. The number of phenols is 1. The van der Waals surface area contributed by atoms with Gasteiger partial charge < -0.3 is 10.2 Å². The van der Waals surface area contributed by atoms with Gasteiger partial charge in [0.15, 0.2) is 0 Å². The van der Waals surface area contributed by atoms with E-state index in [1.165, 1.54) is 0 Å². The zero-order chi connectivity index (χ0) is 19.6. The van der Waals surface area contributed by atoms with Crippen molar-refractivity contribution in [3.63, 3.8) is 0 Å². The molecule has 0 radical (unpaired) electrons. The highest BCUT2D eigenvalue weighted by Gasteiger charge is 2.45. The van der Waals surface area contributed by atoms with Crippen molar-refractivity contribution in [3.8, 4) is 5.75 Å². The average molecular weight is 373 g/mol. The van der Waals surface area contributed by atoms with Gasteiger partial charge in [0.25, 0.3) is 0 Å². The monoisotopic (exact) mass is 373 g/mol. The second kappa shape index (κ2) is 7.78. The number of hydrogen-bond donors (Lipinski definition) is 2. The largest absolute Gasteiger partial charge is 0.507 e. The maximum absolute atomic E-state index is 12.1. The van der Waals surface area contributed by atoms with Crippen molar-refractivity contribution in [2.45, 2.75) is 38.0 Å². The first kappa shape index (κ1) is 18.7. The minimum Gasteiger partial charge on any atom is -0.507 e. The van der Waals surface area contributed by atoms with E-state index in [1.807, 2.05) is 85.8 Å². The van der Waals surface area contributed by atoms with E-state index in [4.69, 9.17) is 0 Å². The summed E-state index contributed by atoms with van der Waals surface area (Å²) in [6.45, 7) is 3.45. The molecule has 0 aliphatic carbocycles. The summed E-state index contributed by atoms with van der Waals surface area (Å²) < 4.78 is 0. The molecule has 3 aromatic rings. The third-order valence-corrected chi connectivity index (χ3v) is 5.97. The van der Waals surface area contributed by atoms with E-state index in [0.717, 1.165) is 41.6 Å². The first-order valence-electron chi connectivity index (χ1n) is 9.95. The molecule has 0 spiro atoms. The fourth-order valence-corrected chi connectivity index (χ4v) is 4.49. The predicted molar refractivity (Wildman–Crippen MR) is 112 cm³/mol. The first-order chi connectivity index (χ1) is 13.6. The van der Waals surface area contributed by atoms with E-state index in [2.05, 4.69) is 4.90 Å². The summed E-state index contributed by atoms with van der Waals surface area (Å²) in [5.41, 5.74) is 2.52. The molecular formula is C25H27NO2. The number of aryl methyl sites for hydroxylation is 1. The van der Waals surface area contributed by atoms with Crippen molar-refractivity contribution in [2.75, 3.05) is 6.54 Å². The zero-order valence-corrected chi connectivity index (χ0v) is 16.3. The van der Waals surface area contributed by atoms with Gasteiger partial charge in [0, 0.05) is 18.2 Å². The van der Waals surface area contributed by atoms with Crippen LogP contribution < -0.4 is 0 Å². The summed E-state index contributed by atoms with van der Waals surface area (Å²) in [6.07, 6.45) is 1.94. The Labute approximate surface area is 166 Å². The summed E-state index contributed by atoms with van der Waals surface area (Å²) in [5, 5.41) is 22.6. The number of hydrogen-bond acceptors (Lipinski definition) is 3. The summed E-state index contributed by atoms with van der Waals surface area (Å²) >= 11 is 0. The molecule has 144 valence electrons. The van der Waals surface area contributed by atoms with Crippen LogP contribution >= 0.6 is 0 Å². The van der Waals surface area contributed by atoms with Gasteiger partial charge in [-0.15, -0.1) is 0 Å². The number of para-hydroxylation sites is 1. The highest BCUT2D eigenvalue weighted by Crippen LogP contribution is 2.41. The molecule has 1 saturated heterocycles. The SMILES string of the molecule is Cc1cccc(CN2CCC[C@H]2C(O)(c2ccccc2)c2ccccc2)c1O. The van der Waals surface area contributed by atoms with Crippen molar-refractivity contribution >= 4 is 0 Å². The number of benzene rings is 3. The van der Waals surface area contributed by atoms with Gasteiger partial charge in [-0.2, -0.15) is 0 Å². The number of aliphatic hydroxyl groups is 1. The molecule has 28 heavy (non-hydrogen) atoms. The summed E-state index contributed by atoms with van der Waals surface area (Å²) in [6, 6.07) is 25.7. The van der Waals surface area contributed by atoms with Crippen LogP contribution in [0.2, 0.25) is 0 Å². The minimum absolute atomic E-state index is 0.0581. The Morgan fingerprint density at radius 3 is 2.11 bits per heavy atom. The molecule has 2 N–H and O–H groups in total. The predicted octanol–water partition coefficient (Wildman–Crippen LogP) is 4.60. The Morgan fingerprint density at radius 1 is 0.893 bits per heavy atom. The van der Waals surface area contributed by atoms with Gasteiger partial charge in [-0.1, -0.05) is 78.9 Å². The summed E-state index contributed by atoms with van der Waals surface area (Å²) in [5.74, 6) is 0.358. The van der Waals surface area contributed by atoms with E-state index >= 15 is 0 Å². The van der Waals surface area contributed by atoms with Crippen molar-refractivity contribution in [2.24, 2.45) is 0 Å². The zero-order valence-electron chi connectivity index (χ0n) is 16.3. The minimum atomic E-state index is -1.10. The third-order valence-electron chi connectivity index (χ3n) is 5.97. The number of aromatic hydroxyl groups is 1. The molecule has 0 saturated carbocycles. The van der Waals surface area contributed by atoms with E-state index in [0.29, 0.717) is 12.3 Å². The molecule has 3 nitrogen and oxygen atoms in total. The third kappa shape index (κ3) is 3.32. The van der Waals surface area contributed by atoms with Gasteiger partial charge in [-0.05, 0) is 43.0 Å². The average Bonchev–Trinajstić information content (AvgIpc) is 3.21. The fourth-order valence-electron chi connectivity index (χ4n) is 4.49. The molecule has 3 aromatic carbocycles. The Kier molecular flexibility index (Phi) is 5.21. The van der Waals surface area contributed by atoms with Crippen LogP contribution in [0.5, 0.6) is 5.75 Å². The summed E-state index contributed by atoms with van der Waals surface area (Å²) in [7, 11) is 0. The standard InChI is InChI=1S/C25H27NO2/c1-19-10-8-11-20(24(19)27)18-26-17-9-16-23(26)25(28,21-12-4-2-5-13-21)22-14-6-3-7-15-22/h2-8,10-15,23,27-28H,9,16-18H2,1H3/t23-/m0/s1. The lowest BCUT2D eigenvalue weighted by Gasteiger charge is -2.40. The van der Waals surface area contributed by atoms with Gasteiger partial charge >= 0.3 is 0 Å². The number of likely N-dealkylation sites (tertiary alicyclic amines) is 1. The molecular weight excluding hydrogens is 346 g/mol. The molecule has 1 heterocycles. The molecule has 4 rings (SSSR count). The van der Waals surface area contributed by atoms with Crippen LogP contribution in [0.25, 0.3) is 0 Å². The topological polar surface area (TPSA) is 43.7 Å². The molecule has 1 aliphatic heterocycles. The molecule has 0 amide bonds. The molecule has 1 aliphatic rings. The molecule has 1 atom stereocenters.